The predicted molar refractivity (Wildman–Crippen MR) is 60.0 cm³/mol. The molecule has 1 aromatic rings. The van der Waals surface area contributed by atoms with Gasteiger partial charge in [0.05, 0.1) is 5.02 Å². The van der Waals surface area contributed by atoms with E-state index in [1.54, 1.807) is 12.1 Å². The zero-order valence-electron chi connectivity index (χ0n) is 7.22. The summed E-state index contributed by atoms with van der Waals surface area (Å²) < 4.78 is 0.735. The van der Waals surface area contributed by atoms with Gasteiger partial charge in [0.15, 0.2) is 0 Å². The molecule has 0 aliphatic heterocycles. The summed E-state index contributed by atoms with van der Waals surface area (Å²) in [6.45, 7) is 1.97. The van der Waals surface area contributed by atoms with Gasteiger partial charge < -0.3 is 5.11 Å². The molecule has 13 heavy (non-hydrogen) atoms. The Kier molecular flexibility index (Phi) is 3.82. The van der Waals surface area contributed by atoms with Gasteiger partial charge in [-0.25, -0.2) is 0 Å². The first kappa shape index (κ1) is 10.6. The van der Waals surface area contributed by atoms with E-state index in [0.717, 1.165) is 16.5 Å². The molecule has 0 amide bonds. The van der Waals surface area contributed by atoms with E-state index in [9.17, 15) is 5.11 Å². The van der Waals surface area contributed by atoms with Crippen LogP contribution in [0.15, 0.2) is 28.7 Å². The fraction of sp³-hybridized carbons (Fsp3) is 0.200. The maximum atomic E-state index is 9.60. The highest BCUT2D eigenvalue weighted by Gasteiger charge is 2.06. The molecule has 0 saturated heterocycles. The van der Waals surface area contributed by atoms with Crippen LogP contribution in [0, 0.1) is 0 Å². The maximum absolute atomic E-state index is 9.60. The maximum Gasteiger partial charge on any atom is 0.119 e. The molecule has 0 unspecified atom stereocenters. The molecule has 1 N–H and O–H groups in total. The Bertz CT molecular complexity index is 334. The lowest BCUT2D eigenvalue weighted by atomic mass is 10.1. The third kappa shape index (κ3) is 2.48. The van der Waals surface area contributed by atoms with E-state index in [0.29, 0.717) is 5.02 Å². The lowest BCUT2D eigenvalue weighted by Gasteiger charge is -2.04. The van der Waals surface area contributed by atoms with Crippen molar-refractivity contribution in [1.29, 1.82) is 0 Å². The third-order valence-corrected chi connectivity index (χ3v) is 3.02. The molecule has 0 aliphatic rings. The van der Waals surface area contributed by atoms with Gasteiger partial charge in [-0.3, -0.25) is 0 Å². The van der Waals surface area contributed by atoms with E-state index < -0.39 is 0 Å². The van der Waals surface area contributed by atoms with Crippen LogP contribution in [0.1, 0.15) is 18.9 Å². The molecule has 0 spiro atoms. The van der Waals surface area contributed by atoms with Crippen molar-refractivity contribution in [2.45, 2.75) is 13.3 Å². The van der Waals surface area contributed by atoms with Crippen LogP contribution in [0.2, 0.25) is 5.02 Å². The van der Waals surface area contributed by atoms with E-state index in [-0.39, 0.29) is 5.76 Å². The van der Waals surface area contributed by atoms with E-state index in [2.05, 4.69) is 15.9 Å². The monoisotopic (exact) mass is 260 g/mol. The summed E-state index contributed by atoms with van der Waals surface area (Å²) in [4.78, 5) is 0. The summed E-state index contributed by atoms with van der Waals surface area (Å²) in [7, 11) is 0. The van der Waals surface area contributed by atoms with Crippen LogP contribution in [0.3, 0.4) is 0 Å². The van der Waals surface area contributed by atoms with Crippen molar-refractivity contribution in [2.24, 2.45) is 0 Å². The van der Waals surface area contributed by atoms with Gasteiger partial charge in [0.2, 0.25) is 0 Å². The minimum atomic E-state index is 0.261. The number of halogens is 2. The second kappa shape index (κ2) is 4.68. The molecule has 0 fully saturated rings. The van der Waals surface area contributed by atoms with Crippen LogP contribution in [0.5, 0.6) is 0 Å². The van der Waals surface area contributed by atoms with Crippen LogP contribution in [0.4, 0.5) is 0 Å². The number of hydrogen-bond acceptors (Lipinski definition) is 1. The van der Waals surface area contributed by atoms with E-state index in [1.165, 1.54) is 0 Å². The minimum Gasteiger partial charge on any atom is -0.508 e. The normalized spacial score (nSPS) is 11.8. The van der Waals surface area contributed by atoms with Crippen LogP contribution in [-0.4, -0.2) is 5.11 Å². The Balaban J connectivity index is 3.15. The minimum absolute atomic E-state index is 0.261. The molecule has 0 heterocycles. The van der Waals surface area contributed by atoms with Gasteiger partial charge in [0, 0.05) is 10.0 Å². The highest BCUT2D eigenvalue weighted by atomic mass is 79.9. The molecule has 1 rings (SSSR count). The Labute approximate surface area is 91.2 Å². The fourth-order valence-corrected chi connectivity index (χ4v) is 1.65. The number of aliphatic hydroxyl groups is 1. The van der Waals surface area contributed by atoms with E-state index >= 15 is 0 Å². The largest absolute Gasteiger partial charge is 0.508 e. The van der Waals surface area contributed by atoms with Crippen LogP contribution in [-0.2, 0) is 0 Å². The van der Waals surface area contributed by atoms with E-state index in [1.807, 2.05) is 19.1 Å². The van der Waals surface area contributed by atoms with Crippen LogP contribution >= 0.6 is 27.5 Å². The molecule has 3 heteroatoms. The summed E-state index contributed by atoms with van der Waals surface area (Å²) in [6, 6.07) is 5.40. The molecule has 1 aromatic carbocycles. The van der Waals surface area contributed by atoms with Gasteiger partial charge in [-0.05, 0) is 34.5 Å². The third-order valence-electron chi connectivity index (χ3n) is 1.63. The highest BCUT2D eigenvalue weighted by Crippen LogP contribution is 2.29. The fourth-order valence-electron chi connectivity index (χ4n) is 1.00. The lowest BCUT2D eigenvalue weighted by molar-refractivity contribution is 0.509. The number of hydrogen-bond donors (Lipinski definition) is 1. The average Bonchev–Trinajstić information content (AvgIpc) is 2.10. The van der Waals surface area contributed by atoms with Crippen molar-refractivity contribution in [3.05, 3.63) is 39.3 Å². The molecular formula is C10H10BrClO. The molecule has 0 atom stereocenters. The topological polar surface area (TPSA) is 20.2 Å². The molecular weight excluding hydrogens is 251 g/mol. The Morgan fingerprint density at radius 3 is 2.92 bits per heavy atom. The second-order valence-corrected chi connectivity index (χ2v) is 3.80. The number of allylic oxidation sites excluding steroid dienone is 1. The first-order valence-corrected chi connectivity index (χ1v) is 5.17. The molecule has 0 aromatic heterocycles. The van der Waals surface area contributed by atoms with Crippen molar-refractivity contribution in [2.75, 3.05) is 0 Å². The Morgan fingerprint density at radius 1 is 1.62 bits per heavy atom. The molecule has 0 saturated carbocycles. The smallest absolute Gasteiger partial charge is 0.119 e. The zero-order chi connectivity index (χ0) is 9.84. The summed E-state index contributed by atoms with van der Waals surface area (Å²) >= 11 is 9.19. The Hall–Kier alpha value is -0.470. The lowest BCUT2D eigenvalue weighted by Crippen LogP contribution is -1.85. The van der Waals surface area contributed by atoms with Gasteiger partial charge >= 0.3 is 0 Å². The van der Waals surface area contributed by atoms with E-state index in [4.69, 9.17) is 11.6 Å². The molecule has 0 aliphatic carbocycles. The molecule has 0 radical (unpaired) electrons. The molecule has 70 valence electrons. The number of aliphatic hydroxyl groups excluding tert-OH is 1. The summed E-state index contributed by atoms with van der Waals surface area (Å²) in [5.74, 6) is 0.261. The Morgan fingerprint density at radius 2 is 2.31 bits per heavy atom. The standard InChI is InChI=1S/C10H10BrClO/c1-2-4-9(13)7-5-3-6-8(12)10(7)11/h3-6,13H,2H2,1H3. The van der Waals surface area contributed by atoms with Crippen molar-refractivity contribution in [3.63, 3.8) is 0 Å². The van der Waals surface area contributed by atoms with Crippen LogP contribution < -0.4 is 0 Å². The van der Waals surface area contributed by atoms with Crippen molar-refractivity contribution in [3.8, 4) is 0 Å². The number of rotatable bonds is 2. The first-order chi connectivity index (χ1) is 6.16. The predicted octanol–water partition coefficient (Wildman–Crippen LogP) is 4.41. The van der Waals surface area contributed by atoms with Gasteiger partial charge in [0.1, 0.15) is 5.76 Å². The molecule has 1 nitrogen and oxygen atoms in total. The molecule has 0 bridgehead atoms. The SMILES string of the molecule is CCC=C(O)c1cccc(Cl)c1Br. The van der Waals surface area contributed by atoms with Crippen molar-refractivity contribution >= 4 is 33.3 Å². The van der Waals surface area contributed by atoms with Gasteiger partial charge in [-0.15, -0.1) is 0 Å². The second-order valence-electron chi connectivity index (χ2n) is 2.60. The summed E-state index contributed by atoms with van der Waals surface area (Å²) in [6.07, 6.45) is 2.54. The quantitative estimate of drug-likeness (QED) is 0.782. The van der Waals surface area contributed by atoms with Gasteiger partial charge in [0.25, 0.3) is 0 Å². The first-order valence-electron chi connectivity index (χ1n) is 4.00. The van der Waals surface area contributed by atoms with Crippen molar-refractivity contribution in [1.82, 2.24) is 0 Å². The summed E-state index contributed by atoms with van der Waals surface area (Å²) in [5, 5.41) is 10.2. The van der Waals surface area contributed by atoms with Crippen LogP contribution in [0.25, 0.3) is 5.76 Å². The number of benzene rings is 1. The van der Waals surface area contributed by atoms with Gasteiger partial charge in [-0.1, -0.05) is 30.7 Å². The highest BCUT2D eigenvalue weighted by molar-refractivity contribution is 9.10. The average molecular weight is 262 g/mol. The van der Waals surface area contributed by atoms with Gasteiger partial charge in [-0.2, -0.15) is 0 Å². The summed E-state index contributed by atoms with van der Waals surface area (Å²) in [5.41, 5.74) is 0.731. The zero-order valence-corrected chi connectivity index (χ0v) is 9.56. The van der Waals surface area contributed by atoms with Crippen molar-refractivity contribution < 1.29 is 5.11 Å².